The zero-order valence-electron chi connectivity index (χ0n) is 10.3. The molecule has 0 aromatic heterocycles. The number of ether oxygens (including phenoxy) is 2. The van der Waals surface area contributed by atoms with Gasteiger partial charge in [0.1, 0.15) is 0 Å². The molecule has 0 radical (unpaired) electrons. The molecule has 0 saturated carbocycles. The van der Waals surface area contributed by atoms with E-state index in [9.17, 15) is 9.59 Å². The van der Waals surface area contributed by atoms with Gasteiger partial charge in [-0.25, -0.2) is 0 Å². The lowest BCUT2D eigenvalue weighted by Gasteiger charge is -2.19. The standard InChI is InChI=1S/C15H14O4/c16-13-11-8-4-5-9-12(11)14(17)19-15(18-13)10-6-2-1-3-7-10/h1-4,6-8,11-12,15H,5,9H2. The lowest BCUT2D eigenvalue weighted by atomic mass is 9.84. The largest absolute Gasteiger partial charge is 0.420 e. The van der Waals surface area contributed by atoms with Crippen LogP contribution in [0.1, 0.15) is 24.7 Å². The van der Waals surface area contributed by atoms with Crippen molar-refractivity contribution in [3.05, 3.63) is 48.0 Å². The Morgan fingerprint density at radius 2 is 1.74 bits per heavy atom. The molecule has 3 rings (SSSR count). The van der Waals surface area contributed by atoms with Crippen LogP contribution in [-0.2, 0) is 19.1 Å². The van der Waals surface area contributed by atoms with Gasteiger partial charge in [0.05, 0.1) is 11.8 Å². The Morgan fingerprint density at radius 3 is 2.53 bits per heavy atom. The van der Waals surface area contributed by atoms with Gasteiger partial charge in [0.2, 0.25) is 0 Å². The van der Waals surface area contributed by atoms with E-state index in [0.29, 0.717) is 12.0 Å². The van der Waals surface area contributed by atoms with Crippen molar-refractivity contribution < 1.29 is 19.1 Å². The Hall–Kier alpha value is -2.10. The molecule has 1 aliphatic carbocycles. The SMILES string of the molecule is O=C1OC(c2ccccc2)OC(=O)C2CCC=CC12. The summed E-state index contributed by atoms with van der Waals surface area (Å²) in [5.41, 5.74) is 0.673. The molecular weight excluding hydrogens is 244 g/mol. The van der Waals surface area contributed by atoms with Gasteiger partial charge >= 0.3 is 11.9 Å². The van der Waals surface area contributed by atoms with Gasteiger partial charge in [0, 0.05) is 5.56 Å². The monoisotopic (exact) mass is 258 g/mol. The first-order valence-corrected chi connectivity index (χ1v) is 6.38. The van der Waals surface area contributed by atoms with Crippen molar-refractivity contribution in [1.29, 1.82) is 0 Å². The molecule has 1 aromatic rings. The van der Waals surface area contributed by atoms with E-state index in [1.165, 1.54) is 0 Å². The third-order valence-electron chi connectivity index (χ3n) is 3.51. The highest BCUT2D eigenvalue weighted by Gasteiger charge is 2.41. The van der Waals surface area contributed by atoms with E-state index < -0.39 is 18.1 Å². The maximum atomic E-state index is 12.1. The molecule has 1 aliphatic heterocycles. The van der Waals surface area contributed by atoms with Crippen molar-refractivity contribution in [3.63, 3.8) is 0 Å². The number of fused-ring (bicyclic) bond motifs is 1. The summed E-state index contributed by atoms with van der Waals surface area (Å²) in [7, 11) is 0. The second-order valence-electron chi connectivity index (χ2n) is 4.75. The lowest BCUT2D eigenvalue weighted by Crippen LogP contribution is -2.28. The molecule has 1 heterocycles. The van der Waals surface area contributed by atoms with Gasteiger partial charge in [-0.1, -0.05) is 42.5 Å². The minimum Gasteiger partial charge on any atom is -0.420 e. The predicted molar refractivity (Wildman–Crippen MR) is 66.7 cm³/mol. The Kier molecular flexibility index (Phi) is 3.07. The Bertz CT molecular complexity index is 520. The molecule has 4 nitrogen and oxygen atoms in total. The normalized spacial score (nSPS) is 30.0. The Labute approximate surface area is 111 Å². The summed E-state index contributed by atoms with van der Waals surface area (Å²) >= 11 is 0. The maximum absolute atomic E-state index is 12.1. The summed E-state index contributed by atoms with van der Waals surface area (Å²) in [6.07, 6.45) is 4.17. The summed E-state index contributed by atoms with van der Waals surface area (Å²) < 4.78 is 10.6. The van der Waals surface area contributed by atoms with E-state index in [4.69, 9.17) is 9.47 Å². The molecule has 1 fully saturated rings. The van der Waals surface area contributed by atoms with Crippen LogP contribution in [-0.4, -0.2) is 11.9 Å². The molecule has 4 heteroatoms. The van der Waals surface area contributed by atoms with E-state index in [2.05, 4.69) is 0 Å². The van der Waals surface area contributed by atoms with Crippen molar-refractivity contribution >= 4 is 11.9 Å². The quantitative estimate of drug-likeness (QED) is 0.573. The minimum atomic E-state index is -0.930. The fraction of sp³-hybridized carbons (Fsp3) is 0.333. The molecule has 1 aromatic carbocycles. The average molecular weight is 258 g/mol. The van der Waals surface area contributed by atoms with Gasteiger partial charge in [0.15, 0.2) is 0 Å². The number of rotatable bonds is 1. The Balaban J connectivity index is 1.90. The zero-order valence-corrected chi connectivity index (χ0v) is 10.3. The van der Waals surface area contributed by atoms with Crippen LogP contribution in [0.2, 0.25) is 0 Å². The van der Waals surface area contributed by atoms with Crippen molar-refractivity contribution in [2.45, 2.75) is 19.1 Å². The minimum absolute atomic E-state index is 0.353. The van der Waals surface area contributed by atoms with E-state index in [0.717, 1.165) is 6.42 Å². The van der Waals surface area contributed by atoms with E-state index in [1.807, 2.05) is 24.3 Å². The van der Waals surface area contributed by atoms with Crippen LogP contribution in [0.15, 0.2) is 42.5 Å². The van der Waals surface area contributed by atoms with Gasteiger partial charge in [-0.3, -0.25) is 9.59 Å². The molecule has 2 aliphatic rings. The molecule has 0 spiro atoms. The number of hydrogen-bond acceptors (Lipinski definition) is 4. The van der Waals surface area contributed by atoms with Crippen LogP contribution in [0, 0.1) is 11.8 Å². The van der Waals surface area contributed by atoms with Crippen molar-refractivity contribution in [2.24, 2.45) is 11.8 Å². The summed E-state index contributed by atoms with van der Waals surface area (Å²) in [5, 5.41) is 0. The summed E-state index contributed by atoms with van der Waals surface area (Å²) in [5.74, 6) is -1.66. The third-order valence-corrected chi connectivity index (χ3v) is 3.51. The number of hydrogen-bond donors (Lipinski definition) is 0. The molecule has 0 bridgehead atoms. The van der Waals surface area contributed by atoms with Crippen LogP contribution < -0.4 is 0 Å². The first-order valence-electron chi connectivity index (χ1n) is 6.38. The van der Waals surface area contributed by atoms with Gasteiger partial charge in [0.25, 0.3) is 6.29 Å². The van der Waals surface area contributed by atoms with Crippen LogP contribution in [0.4, 0.5) is 0 Å². The summed E-state index contributed by atoms with van der Waals surface area (Å²) in [6.45, 7) is 0. The smallest absolute Gasteiger partial charge is 0.317 e. The lowest BCUT2D eigenvalue weighted by molar-refractivity contribution is -0.183. The Morgan fingerprint density at radius 1 is 1.00 bits per heavy atom. The zero-order chi connectivity index (χ0) is 13.2. The molecule has 1 saturated heterocycles. The molecule has 19 heavy (non-hydrogen) atoms. The van der Waals surface area contributed by atoms with Gasteiger partial charge in [-0.2, -0.15) is 0 Å². The second-order valence-corrected chi connectivity index (χ2v) is 4.75. The van der Waals surface area contributed by atoms with Crippen LogP contribution in [0.25, 0.3) is 0 Å². The number of cyclic esters (lactones) is 2. The van der Waals surface area contributed by atoms with Gasteiger partial charge in [-0.15, -0.1) is 0 Å². The molecule has 98 valence electrons. The van der Waals surface area contributed by atoms with Crippen molar-refractivity contribution in [1.82, 2.24) is 0 Å². The summed E-state index contributed by atoms with van der Waals surface area (Å²) in [4.78, 5) is 24.2. The first-order chi connectivity index (χ1) is 9.25. The van der Waals surface area contributed by atoms with Crippen molar-refractivity contribution in [3.8, 4) is 0 Å². The number of benzene rings is 1. The van der Waals surface area contributed by atoms with E-state index >= 15 is 0 Å². The molecule has 0 N–H and O–H groups in total. The van der Waals surface area contributed by atoms with Crippen LogP contribution >= 0.6 is 0 Å². The third kappa shape index (κ3) is 2.26. The number of carbonyl (C=O) groups excluding carboxylic acids is 2. The van der Waals surface area contributed by atoms with E-state index in [1.54, 1.807) is 18.2 Å². The highest BCUT2D eigenvalue weighted by Crippen LogP contribution is 2.34. The highest BCUT2D eigenvalue weighted by molar-refractivity contribution is 5.85. The first kappa shape index (κ1) is 12.0. The van der Waals surface area contributed by atoms with Crippen LogP contribution in [0.3, 0.4) is 0 Å². The molecular formula is C15H14O4. The topological polar surface area (TPSA) is 52.6 Å². The summed E-state index contributed by atoms with van der Waals surface area (Å²) in [6, 6.07) is 9.03. The fourth-order valence-electron chi connectivity index (χ4n) is 2.49. The molecule has 3 unspecified atom stereocenters. The highest BCUT2D eigenvalue weighted by atomic mass is 16.7. The van der Waals surface area contributed by atoms with Gasteiger partial charge < -0.3 is 9.47 Å². The second kappa shape index (κ2) is 4.88. The maximum Gasteiger partial charge on any atom is 0.317 e. The number of carbonyl (C=O) groups is 2. The molecule has 0 amide bonds. The van der Waals surface area contributed by atoms with Gasteiger partial charge in [-0.05, 0) is 12.8 Å². The van der Waals surface area contributed by atoms with E-state index in [-0.39, 0.29) is 11.9 Å². The van der Waals surface area contributed by atoms with Crippen molar-refractivity contribution in [2.75, 3.05) is 0 Å². The number of esters is 2. The van der Waals surface area contributed by atoms with Crippen LogP contribution in [0.5, 0.6) is 0 Å². The fourth-order valence-corrected chi connectivity index (χ4v) is 2.49. The number of allylic oxidation sites excluding steroid dienone is 1. The molecule has 3 atom stereocenters. The predicted octanol–water partition coefficient (Wildman–Crippen LogP) is 2.37. The average Bonchev–Trinajstić information content (AvgIpc) is 2.59.